The van der Waals surface area contributed by atoms with E-state index < -0.39 is 0 Å². The van der Waals surface area contributed by atoms with Crippen LogP contribution in [0.15, 0.2) is 30.3 Å². The van der Waals surface area contributed by atoms with Crippen LogP contribution in [0.1, 0.15) is 36.8 Å². The number of hydrogen-bond acceptors (Lipinski definition) is 2. The highest BCUT2D eigenvalue weighted by molar-refractivity contribution is 7.16. The van der Waals surface area contributed by atoms with Crippen LogP contribution in [0.25, 0.3) is 0 Å². The maximum Gasteiger partial charge on any atom is 0.118 e. The fourth-order valence-electron chi connectivity index (χ4n) is 1.64. The molecule has 0 aliphatic carbocycles. The number of thiophene rings is 1. The SMILES string of the molecule is COc1ccc(C#Cc2cc(C(C)(C)C)sc2Cl)cc1. The summed E-state index contributed by atoms with van der Waals surface area (Å²) in [6.45, 7) is 6.53. The van der Waals surface area contributed by atoms with Crippen molar-refractivity contribution >= 4 is 22.9 Å². The molecule has 0 bridgehead atoms. The monoisotopic (exact) mass is 304 g/mol. The molecule has 20 heavy (non-hydrogen) atoms. The van der Waals surface area contributed by atoms with Gasteiger partial charge in [-0.05, 0) is 35.7 Å². The average molecular weight is 305 g/mol. The van der Waals surface area contributed by atoms with Gasteiger partial charge in [-0.3, -0.25) is 0 Å². The Balaban J connectivity index is 2.26. The number of benzene rings is 1. The molecule has 0 spiro atoms. The molecule has 1 nitrogen and oxygen atoms in total. The Bertz CT molecular complexity index is 651. The Morgan fingerprint density at radius 2 is 1.75 bits per heavy atom. The van der Waals surface area contributed by atoms with Crippen LogP contribution in [0.3, 0.4) is 0 Å². The van der Waals surface area contributed by atoms with E-state index in [0.717, 1.165) is 21.2 Å². The van der Waals surface area contributed by atoms with E-state index in [1.165, 1.54) is 4.88 Å². The zero-order chi connectivity index (χ0) is 14.8. The minimum Gasteiger partial charge on any atom is -0.497 e. The van der Waals surface area contributed by atoms with Crippen LogP contribution >= 0.6 is 22.9 Å². The van der Waals surface area contributed by atoms with E-state index in [0.29, 0.717) is 0 Å². The molecule has 0 amide bonds. The number of hydrogen-bond donors (Lipinski definition) is 0. The van der Waals surface area contributed by atoms with Gasteiger partial charge in [0.2, 0.25) is 0 Å². The Labute approximate surface area is 129 Å². The zero-order valence-corrected chi connectivity index (χ0v) is 13.7. The second-order valence-electron chi connectivity index (χ2n) is 5.53. The lowest BCUT2D eigenvalue weighted by molar-refractivity contribution is 0.415. The van der Waals surface area contributed by atoms with Crippen LogP contribution in [0.4, 0.5) is 0 Å². The third kappa shape index (κ3) is 3.56. The van der Waals surface area contributed by atoms with Crippen molar-refractivity contribution < 1.29 is 4.74 Å². The fourth-order valence-corrected chi connectivity index (χ4v) is 2.88. The smallest absolute Gasteiger partial charge is 0.118 e. The van der Waals surface area contributed by atoms with Crippen molar-refractivity contribution in [3.63, 3.8) is 0 Å². The van der Waals surface area contributed by atoms with Crippen molar-refractivity contribution in [1.29, 1.82) is 0 Å². The molecule has 1 aromatic heterocycles. The standard InChI is InChI=1S/C17H17ClOS/c1-17(2,3)15-11-13(16(18)20-15)8-5-12-6-9-14(19-4)10-7-12/h6-7,9-11H,1-4H3. The highest BCUT2D eigenvalue weighted by atomic mass is 35.5. The Kier molecular flexibility index (Phi) is 4.42. The molecule has 2 rings (SSSR count). The molecular formula is C17H17ClOS. The van der Waals surface area contributed by atoms with Gasteiger partial charge in [0.25, 0.3) is 0 Å². The van der Waals surface area contributed by atoms with Crippen molar-refractivity contribution in [2.24, 2.45) is 0 Å². The number of methoxy groups -OCH3 is 1. The highest BCUT2D eigenvalue weighted by Crippen LogP contribution is 2.35. The van der Waals surface area contributed by atoms with Gasteiger partial charge < -0.3 is 4.74 Å². The van der Waals surface area contributed by atoms with Crippen molar-refractivity contribution in [1.82, 2.24) is 0 Å². The first-order chi connectivity index (χ1) is 9.40. The summed E-state index contributed by atoms with van der Waals surface area (Å²) in [4.78, 5) is 1.25. The summed E-state index contributed by atoms with van der Waals surface area (Å²) in [5.74, 6) is 7.11. The van der Waals surface area contributed by atoms with Crippen LogP contribution in [-0.2, 0) is 5.41 Å². The van der Waals surface area contributed by atoms with Gasteiger partial charge in [0.15, 0.2) is 0 Å². The molecular weight excluding hydrogens is 288 g/mol. The zero-order valence-electron chi connectivity index (χ0n) is 12.1. The Morgan fingerprint density at radius 3 is 2.25 bits per heavy atom. The molecule has 0 radical (unpaired) electrons. The van der Waals surface area contributed by atoms with E-state index in [-0.39, 0.29) is 5.41 Å². The summed E-state index contributed by atoms with van der Waals surface area (Å²) in [7, 11) is 1.65. The summed E-state index contributed by atoms with van der Waals surface area (Å²) in [6.07, 6.45) is 0. The van der Waals surface area contributed by atoms with Gasteiger partial charge in [-0.2, -0.15) is 0 Å². The minimum atomic E-state index is 0.106. The average Bonchev–Trinajstić information content (AvgIpc) is 2.78. The Hall–Kier alpha value is -1.43. The maximum absolute atomic E-state index is 6.26. The number of halogens is 1. The van der Waals surface area contributed by atoms with E-state index in [4.69, 9.17) is 16.3 Å². The highest BCUT2D eigenvalue weighted by Gasteiger charge is 2.18. The lowest BCUT2D eigenvalue weighted by Gasteiger charge is -2.14. The van der Waals surface area contributed by atoms with E-state index >= 15 is 0 Å². The second kappa shape index (κ2) is 5.91. The van der Waals surface area contributed by atoms with Crippen molar-refractivity contribution in [3.8, 4) is 17.6 Å². The van der Waals surface area contributed by atoms with Crippen LogP contribution in [0.5, 0.6) is 5.75 Å². The molecule has 0 saturated heterocycles. The van der Waals surface area contributed by atoms with Gasteiger partial charge in [-0.25, -0.2) is 0 Å². The van der Waals surface area contributed by atoms with Gasteiger partial charge in [0, 0.05) is 10.4 Å². The van der Waals surface area contributed by atoms with Crippen LogP contribution in [-0.4, -0.2) is 7.11 Å². The molecule has 2 aromatic rings. The molecule has 1 aromatic carbocycles. The minimum absolute atomic E-state index is 0.106. The molecule has 0 aliphatic rings. The normalized spacial score (nSPS) is 10.8. The Morgan fingerprint density at radius 1 is 1.10 bits per heavy atom. The molecule has 104 valence electrons. The fraction of sp³-hybridized carbons (Fsp3) is 0.294. The first kappa shape index (κ1) is 15.0. The van der Waals surface area contributed by atoms with E-state index in [1.807, 2.05) is 24.3 Å². The van der Waals surface area contributed by atoms with Gasteiger partial charge in [-0.1, -0.05) is 44.2 Å². The number of rotatable bonds is 1. The van der Waals surface area contributed by atoms with Crippen molar-refractivity contribution in [2.75, 3.05) is 7.11 Å². The van der Waals surface area contributed by atoms with E-state index in [1.54, 1.807) is 18.4 Å². The maximum atomic E-state index is 6.26. The molecule has 0 saturated carbocycles. The quantitative estimate of drug-likeness (QED) is 0.665. The molecule has 3 heteroatoms. The lowest BCUT2D eigenvalue weighted by Crippen LogP contribution is -2.07. The largest absolute Gasteiger partial charge is 0.497 e. The summed E-state index contributed by atoms with van der Waals surface area (Å²) in [5.41, 5.74) is 1.96. The predicted molar refractivity (Wildman–Crippen MR) is 87.0 cm³/mol. The lowest BCUT2D eigenvalue weighted by atomic mass is 9.94. The molecule has 0 atom stereocenters. The third-order valence-electron chi connectivity index (χ3n) is 2.86. The second-order valence-corrected chi connectivity index (χ2v) is 7.18. The van der Waals surface area contributed by atoms with Gasteiger partial charge in [0.1, 0.15) is 10.1 Å². The van der Waals surface area contributed by atoms with E-state index in [9.17, 15) is 0 Å². The van der Waals surface area contributed by atoms with Crippen LogP contribution in [0, 0.1) is 11.8 Å². The summed E-state index contributed by atoms with van der Waals surface area (Å²) in [6, 6.07) is 9.77. The van der Waals surface area contributed by atoms with Gasteiger partial charge >= 0.3 is 0 Å². The topological polar surface area (TPSA) is 9.23 Å². The summed E-state index contributed by atoms with van der Waals surface area (Å²) < 4.78 is 5.88. The first-order valence-corrected chi connectivity index (χ1v) is 7.55. The summed E-state index contributed by atoms with van der Waals surface area (Å²) >= 11 is 7.87. The number of ether oxygens (including phenoxy) is 1. The van der Waals surface area contributed by atoms with Gasteiger partial charge in [-0.15, -0.1) is 11.3 Å². The predicted octanol–water partition coefficient (Wildman–Crippen LogP) is 5.11. The summed E-state index contributed by atoms with van der Waals surface area (Å²) in [5, 5.41) is 0. The molecule has 0 unspecified atom stereocenters. The molecule has 0 N–H and O–H groups in total. The molecule has 0 aliphatic heterocycles. The van der Waals surface area contributed by atoms with E-state index in [2.05, 4.69) is 38.7 Å². The third-order valence-corrected chi connectivity index (χ3v) is 4.64. The van der Waals surface area contributed by atoms with Crippen LogP contribution in [0.2, 0.25) is 4.34 Å². The first-order valence-electron chi connectivity index (χ1n) is 6.36. The van der Waals surface area contributed by atoms with Crippen molar-refractivity contribution in [3.05, 3.63) is 50.7 Å². The van der Waals surface area contributed by atoms with Gasteiger partial charge in [0.05, 0.1) is 12.7 Å². The van der Waals surface area contributed by atoms with Crippen molar-refractivity contribution in [2.45, 2.75) is 26.2 Å². The van der Waals surface area contributed by atoms with Crippen LogP contribution < -0.4 is 4.74 Å². The molecule has 0 fully saturated rings. The molecule has 1 heterocycles.